The van der Waals surface area contributed by atoms with Crippen LogP contribution in [0.2, 0.25) is 5.02 Å². The second kappa shape index (κ2) is 5.81. The Morgan fingerprint density at radius 2 is 2.15 bits per heavy atom. The van der Waals surface area contributed by atoms with E-state index in [0.717, 1.165) is 0 Å². The summed E-state index contributed by atoms with van der Waals surface area (Å²) in [4.78, 5) is 27.1. The number of carbonyl (C=O) groups excluding carboxylic acids is 2. The molecule has 1 heterocycles. The summed E-state index contributed by atoms with van der Waals surface area (Å²) in [5.41, 5.74) is 0.652. The second-order valence-electron chi connectivity index (χ2n) is 4.87. The molecule has 2 unspecified atom stereocenters. The van der Waals surface area contributed by atoms with Crippen molar-refractivity contribution in [3.63, 3.8) is 0 Å². The first-order valence-electron chi connectivity index (χ1n) is 6.44. The molecule has 0 bridgehead atoms. The predicted molar refractivity (Wildman–Crippen MR) is 76.7 cm³/mol. The molecule has 2 rings (SSSR count). The van der Waals surface area contributed by atoms with Crippen LogP contribution >= 0.6 is 11.6 Å². The van der Waals surface area contributed by atoms with Gasteiger partial charge in [0.15, 0.2) is 0 Å². The molecule has 1 aliphatic rings. The minimum Gasteiger partial charge on any atom is -0.384 e. The van der Waals surface area contributed by atoms with Crippen molar-refractivity contribution in [3.05, 3.63) is 29.3 Å². The van der Waals surface area contributed by atoms with Crippen molar-refractivity contribution in [2.75, 3.05) is 18.5 Å². The Labute approximate surface area is 122 Å². The van der Waals surface area contributed by atoms with Gasteiger partial charge in [-0.15, -0.1) is 0 Å². The van der Waals surface area contributed by atoms with Crippen LogP contribution in [0.15, 0.2) is 24.3 Å². The molecule has 0 spiro atoms. The molecule has 1 saturated heterocycles. The van der Waals surface area contributed by atoms with E-state index >= 15 is 0 Å². The molecular weight excluding hydrogens is 280 g/mol. The van der Waals surface area contributed by atoms with Gasteiger partial charge in [-0.2, -0.15) is 0 Å². The highest BCUT2D eigenvalue weighted by atomic mass is 35.5. The number of benzene rings is 1. The fourth-order valence-electron chi connectivity index (χ4n) is 2.38. The number of carbonyl (C=O) groups is 2. The van der Waals surface area contributed by atoms with Gasteiger partial charge >= 0.3 is 0 Å². The highest BCUT2D eigenvalue weighted by Gasteiger charge is 2.38. The molecule has 0 saturated carbocycles. The zero-order valence-electron chi connectivity index (χ0n) is 11.4. The SMILES string of the molecule is CC(O)C(=O)N(C)C1CCN(c2ccccc2Cl)C1=O. The number of nitrogens with zero attached hydrogens (tertiary/aromatic N) is 2. The summed E-state index contributed by atoms with van der Waals surface area (Å²) in [6, 6.07) is 6.56. The maximum absolute atomic E-state index is 12.4. The lowest BCUT2D eigenvalue weighted by Gasteiger charge is -2.25. The van der Waals surface area contributed by atoms with E-state index in [9.17, 15) is 14.7 Å². The Balaban J connectivity index is 2.18. The number of aliphatic hydroxyl groups is 1. The zero-order chi connectivity index (χ0) is 14.9. The lowest BCUT2D eigenvalue weighted by Crippen LogP contribution is -2.46. The van der Waals surface area contributed by atoms with Crippen LogP contribution in [0.1, 0.15) is 13.3 Å². The molecule has 1 N–H and O–H groups in total. The van der Waals surface area contributed by atoms with E-state index < -0.39 is 18.1 Å². The van der Waals surface area contributed by atoms with Crippen molar-refractivity contribution in [1.29, 1.82) is 0 Å². The lowest BCUT2D eigenvalue weighted by atomic mass is 10.2. The highest BCUT2D eigenvalue weighted by Crippen LogP contribution is 2.30. The van der Waals surface area contributed by atoms with Gasteiger partial charge in [0, 0.05) is 13.6 Å². The summed E-state index contributed by atoms with van der Waals surface area (Å²) < 4.78 is 0. The highest BCUT2D eigenvalue weighted by molar-refractivity contribution is 6.34. The number of likely N-dealkylation sites (N-methyl/N-ethyl adjacent to an activating group) is 1. The average Bonchev–Trinajstić information content (AvgIpc) is 2.79. The Morgan fingerprint density at radius 3 is 2.75 bits per heavy atom. The molecule has 1 aromatic rings. The summed E-state index contributed by atoms with van der Waals surface area (Å²) in [5.74, 6) is -0.626. The largest absolute Gasteiger partial charge is 0.384 e. The molecule has 0 aromatic heterocycles. The number of anilines is 1. The average molecular weight is 297 g/mol. The maximum Gasteiger partial charge on any atom is 0.251 e. The molecule has 0 radical (unpaired) electrons. The third kappa shape index (κ3) is 2.64. The van der Waals surface area contributed by atoms with Crippen molar-refractivity contribution in [3.8, 4) is 0 Å². The molecule has 108 valence electrons. The standard InChI is InChI=1S/C14H17ClN2O3/c1-9(18)13(19)16(2)12-7-8-17(14(12)20)11-6-4-3-5-10(11)15/h3-6,9,12,18H,7-8H2,1-2H3. The zero-order valence-corrected chi connectivity index (χ0v) is 12.2. The molecule has 2 atom stereocenters. The molecule has 1 aromatic carbocycles. The van der Waals surface area contributed by atoms with Crippen molar-refractivity contribution >= 4 is 29.1 Å². The van der Waals surface area contributed by atoms with Gasteiger partial charge in [0.05, 0.1) is 10.7 Å². The number of hydrogen-bond donors (Lipinski definition) is 1. The van der Waals surface area contributed by atoms with Crippen LogP contribution in [0.5, 0.6) is 0 Å². The van der Waals surface area contributed by atoms with E-state index in [1.54, 1.807) is 23.1 Å². The van der Waals surface area contributed by atoms with Gasteiger partial charge in [-0.05, 0) is 25.5 Å². The van der Waals surface area contributed by atoms with Gasteiger partial charge in [0.1, 0.15) is 12.1 Å². The Bertz CT molecular complexity index is 533. The summed E-state index contributed by atoms with van der Waals surface area (Å²) in [6.07, 6.45) is -0.582. The van der Waals surface area contributed by atoms with Crippen molar-refractivity contribution in [2.24, 2.45) is 0 Å². The molecule has 5 nitrogen and oxygen atoms in total. The van der Waals surface area contributed by atoms with E-state index in [1.807, 2.05) is 6.07 Å². The summed E-state index contributed by atoms with van der Waals surface area (Å²) >= 11 is 6.10. The molecule has 20 heavy (non-hydrogen) atoms. The fourth-order valence-corrected chi connectivity index (χ4v) is 2.62. The van der Waals surface area contributed by atoms with Crippen molar-refractivity contribution in [2.45, 2.75) is 25.5 Å². The quantitative estimate of drug-likeness (QED) is 0.914. The molecule has 0 aliphatic carbocycles. The van der Waals surface area contributed by atoms with Crippen LogP contribution in [0.4, 0.5) is 5.69 Å². The van der Waals surface area contributed by atoms with Crippen LogP contribution in [0.3, 0.4) is 0 Å². The first-order chi connectivity index (χ1) is 9.43. The van der Waals surface area contributed by atoms with E-state index in [0.29, 0.717) is 23.7 Å². The number of para-hydroxylation sites is 1. The number of aliphatic hydroxyl groups excluding tert-OH is 1. The maximum atomic E-state index is 12.4. The van der Waals surface area contributed by atoms with Crippen LogP contribution in [0, 0.1) is 0 Å². The predicted octanol–water partition coefficient (Wildman–Crippen LogP) is 1.28. The minimum atomic E-state index is -1.11. The van der Waals surface area contributed by atoms with Gasteiger partial charge in [0.2, 0.25) is 5.91 Å². The number of amides is 2. The van der Waals surface area contributed by atoms with Crippen molar-refractivity contribution in [1.82, 2.24) is 4.90 Å². The summed E-state index contributed by atoms with van der Waals surface area (Å²) in [7, 11) is 1.54. The molecule has 6 heteroatoms. The minimum absolute atomic E-state index is 0.172. The molecule has 1 aliphatic heterocycles. The van der Waals surface area contributed by atoms with E-state index in [1.165, 1.54) is 18.9 Å². The third-order valence-electron chi connectivity index (χ3n) is 3.49. The van der Waals surface area contributed by atoms with Gasteiger partial charge < -0.3 is 14.9 Å². The lowest BCUT2D eigenvalue weighted by molar-refractivity contribution is -0.143. The monoisotopic (exact) mass is 296 g/mol. The number of halogens is 1. The number of hydrogen-bond acceptors (Lipinski definition) is 3. The Morgan fingerprint density at radius 1 is 1.50 bits per heavy atom. The van der Waals surface area contributed by atoms with E-state index in [4.69, 9.17) is 11.6 Å². The van der Waals surface area contributed by atoms with Crippen molar-refractivity contribution < 1.29 is 14.7 Å². The Hall–Kier alpha value is -1.59. The van der Waals surface area contributed by atoms with E-state index in [-0.39, 0.29) is 5.91 Å². The molecule has 1 fully saturated rings. The first kappa shape index (κ1) is 14.8. The summed E-state index contributed by atoms with van der Waals surface area (Å²) in [6.45, 7) is 1.90. The first-order valence-corrected chi connectivity index (χ1v) is 6.82. The topological polar surface area (TPSA) is 60.9 Å². The smallest absolute Gasteiger partial charge is 0.251 e. The summed E-state index contributed by atoms with van der Waals surface area (Å²) in [5, 5.41) is 9.83. The van der Waals surface area contributed by atoms with Gasteiger partial charge in [-0.25, -0.2) is 0 Å². The van der Waals surface area contributed by atoms with Gasteiger partial charge in [0.25, 0.3) is 5.91 Å². The van der Waals surface area contributed by atoms with Crippen LogP contribution in [0.25, 0.3) is 0 Å². The van der Waals surface area contributed by atoms with Gasteiger partial charge in [-0.1, -0.05) is 23.7 Å². The van der Waals surface area contributed by atoms with Crippen LogP contribution in [-0.4, -0.2) is 47.6 Å². The third-order valence-corrected chi connectivity index (χ3v) is 3.81. The van der Waals surface area contributed by atoms with Crippen LogP contribution in [-0.2, 0) is 9.59 Å². The second-order valence-corrected chi connectivity index (χ2v) is 5.28. The normalized spacial score (nSPS) is 20.1. The molecule has 2 amide bonds. The number of rotatable bonds is 3. The van der Waals surface area contributed by atoms with Crippen LogP contribution < -0.4 is 4.90 Å². The van der Waals surface area contributed by atoms with E-state index in [2.05, 4.69) is 0 Å². The fraction of sp³-hybridized carbons (Fsp3) is 0.429. The van der Waals surface area contributed by atoms with Gasteiger partial charge in [-0.3, -0.25) is 9.59 Å². The Kier molecular flexibility index (Phi) is 4.30. The molecular formula is C14H17ClN2O3.